The van der Waals surface area contributed by atoms with Crippen LogP contribution in [0.1, 0.15) is 12.5 Å². The van der Waals surface area contributed by atoms with Gasteiger partial charge in [0.1, 0.15) is 12.2 Å². The zero-order valence-corrected chi connectivity index (χ0v) is 10.2. The van der Waals surface area contributed by atoms with Gasteiger partial charge in [0, 0.05) is 5.56 Å². The molecule has 2 nitrogen and oxygen atoms in total. The molecule has 2 heteroatoms. The van der Waals surface area contributed by atoms with E-state index in [0.717, 1.165) is 5.56 Å². The number of ketones is 1. The second-order valence-electron chi connectivity index (χ2n) is 4.21. The fraction of sp³-hybridized carbons (Fsp3) is 0.188. The van der Waals surface area contributed by atoms with E-state index < -0.39 is 5.60 Å². The molecule has 0 aliphatic heterocycles. The lowest BCUT2D eigenvalue weighted by molar-refractivity contribution is -0.110. The summed E-state index contributed by atoms with van der Waals surface area (Å²) in [4.78, 5) is 11.0. The highest BCUT2D eigenvalue weighted by Gasteiger charge is 2.20. The van der Waals surface area contributed by atoms with Crippen molar-refractivity contribution in [2.45, 2.75) is 12.5 Å². The Kier molecular flexibility index (Phi) is 3.76. The van der Waals surface area contributed by atoms with Crippen LogP contribution in [-0.4, -0.2) is 18.0 Å². The van der Waals surface area contributed by atoms with Gasteiger partial charge < -0.3 is 4.74 Å². The number of hydrogen-bond donors (Lipinski definition) is 0. The number of ether oxygens (including phenoxy) is 1. The largest absolute Gasteiger partial charge is 0.354 e. The second kappa shape index (κ2) is 5.48. The Bertz CT molecular complexity index is 525. The van der Waals surface area contributed by atoms with E-state index >= 15 is 0 Å². The molecule has 0 saturated carbocycles. The summed E-state index contributed by atoms with van der Waals surface area (Å²) in [6, 6.07) is 9.76. The highest BCUT2D eigenvalue weighted by Crippen LogP contribution is 2.17. The molecule has 0 amide bonds. The van der Waals surface area contributed by atoms with E-state index in [9.17, 15) is 4.79 Å². The van der Waals surface area contributed by atoms with Crippen LogP contribution in [0.2, 0.25) is 0 Å². The van der Waals surface area contributed by atoms with Gasteiger partial charge in [-0.1, -0.05) is 30.0 Å². The van der Waals surface area contributed by atoms with E-state index in [0.29, 0.717) is 6.61 Å². The third kappa shape index (κ3) is 3.44. The molecule has 0 atom stereocenters. The molecule has 1 aromatic carbocycles. The summed E-state index contributed by atoms with van der Waals surface area (Å²) < 4.78 is 5.64. The summed E-state index contributed by atoms with van der Waals surface area (Å²) in [5.74, 6) is 5.97. The van der Waals surface area contributed by atoms with E-state index in [1.54, 1.807) is 12.2 Å². The zero-order valence-electron chi connectivity index (χ0n) is 10.2. The Labute approximate surface area is 107 Å². The lowest BCUT2D eigenvalue weighted by Crippen LogP contribution is -2.26. The van der Waals surface area contributed by atoms with Gasteiger partial charge in [-0.15, -0.1) is 0 Å². The first-order valence-electron chi connectivity index (χ1n) is 5.78. The molecule has 2 rings (SSSR count). The molecule has 0 fully saturated rings. The van der Waals surface area contributed by atoms with Gasteiger partial charge in [-0.05, 0) is 43.4 Å². The molecule has 90 valence electrons. The highest BCUT2D eigenvalue weighted by molar-refractivity contribution is 6.00. The third-order valence-corrected chi connectivity index (χ3v) is 2.62. The fourth-order valence-corrected chi connectivity index (χ4v) is 1.55. The molecular weight excluding hydrogens is 224 g/mol. The van der Waals surface area contributed by atoms with Gasteiger partial charge in [-0.2, -0.15) is 0 Å². The average Bonchev–Trinajstić information content (AvgIpc) is 2.40. The molecule has 0 spiro atoms. The van der Waals surface area contributed by atoms with E-state index in [1.165, 1.54) is 12.2 Å². The molecule has 0 N–H and O–H groups in total. The Morgan fingerprint density at radius 3 is 2.50 bits per heavy atom. The van der Waals surface area contributed by atoms with Crippen molar-refractivity contribution in [3.8, 4) is 11.8 Å². The van der Waals surface area contributed by atoms with Crippen molar-refractivity contribution in [2.75, 3.05) is 6.61 Å². The predicted octanol–water partition coefficient (Wildman–Crippen LogP) is 2.51. The van der Waals surface area contributed by atoms with Crippen LogP contribution >= 0.6 is 0 Å². The quantitative estimate of drug-likeness (QED) is 0.740. The summed E-state index contributed by atoms with van der Waals surface area (Å²) >= 11 is 0. The zero-order chi connectivity index (χ0) is 12.8. The minimum absolute atomic E-state index is 0.00792. The van der Waals surface area contributed by atoms with Gasteiger partial charge in [-0.25, -0.2) is 0 Å². The van der Waals surface area contributed by atoms with E-state index in [-0.39, 0.29) is 5.78 Å². The number of allylic oxidation sites excluding steroid dienone is 2. The summed E-state index contributed by atoms with van der Waals surface area (Å²) in [6.45, 7) is 2.23. The van der Waals surface area contributed by atoms with Crippen LogP contribution in [0.5, 0.6) is 0 Å². The first-order valence-corrected chi connectivity index (χ1v) is 5.78. The monoisotopic (exact) mass is 238 g/mol. The Hall–Kier alpha value is -2.11. The molecule has 1 aliphatic rings. The summed E-state index contributed by atoms with van der Waals surface area (Å²) in [7, 11) is 0. The van der Waals surface area contributed by atoms with Crippen LogP contribution < -0.4 is 0 Å². The first-order chi connectivity index (χ1) is 8.68. The maximum absolute atomic E-state index is 11.0. The Balaban J connectivity index is 1.90. The molecule has 0 heterocycles. The van der Waals surface area contributed by atoms with Crippen molar-refractivity contribution in [1.29, 1.82) is 0 Å². The molecule has 18 heavy (non-hydrogen) atoms. The predicted molar refractivity (Wildman–Crippen MR) is 71.0 cm³/mol. The van der Waals surface area contributed by atoms with Crippen LogP contribution in [0.4, 0.5) is 0 Å². The van der Waals surface area contributed by atoms with Crippen molar-refractivity contribution in [1.82, 2.24) is 0 Å². The van der Waals surface area contributed by atoms with Crippen LogP contribution in [0.25, 0.3) is 0 Å². The summed E-state index contributed by atoms with van der Waals surface area (Å²) in [5, 5.41) is 0. The van der Waals surface area contributed by atoms with E-state index in [1.807, 2.05) is 37.3 Å². The highest BCUT2D eigenvalue weighted by atomic mass is 16.5. The number of benzene rings is 1. The Morgan fingerprint density at radius 2 is 1.83 bits per heavy atom. The molecule has 0 aromatic heterocycles. The van der Waals surface area contributed by atoms with Crippen LogP contribution in [0.3, 0.4) is 0 Å². The van der Waals surface area contributed by atoms with Crippen LogP contribution in [-0.2, 0) is 9.53 Å². The number of hydrogen-bond acceptors (Lipinski definition) is 2. The van der Waals surface area contributed by atoms with Crippen molar-refractivity contribution < 1.29 is 9.53 Å². The summed E-state index contributed by atoms with van der Waals surface area (Å²) in [5.41, 5.74) is 0.440. The fourth-order valence-electron chi connectivity index (χ4n) is 1.55. The van der Waals surface area contributed by atoms with Gasteiger partial charge in [0.05, 0.1) is 0 Å². The number of carbonyl (C=O) groups is 1. The second-order valence-corrected chi connectivity index (χ2v) is 4.21. The van der Waals surface area contributed by atoms with Gasteiger partial charge in [0.15, 0.2) is 5.78 Å². The molecule has 0 saturated heterocycles. The molecule has 1 aliphatic carbocycles. The normalized spacial score (nSPS) is 16.2. The van der Waals surface area contributed by atoms with E-state index in [2.05, 4.69) is 11.8 Å². The standard InChI is InChI=1S/C16H14O2/c1-16(11-9-15(17)10-12-16)18-13-5-8-14-6-3-2-4-7-14/h2-4,6-7,9-12H,13H2,1H3. The minimum Gasteiger partial charge on any atom is -0.354 e. The van der Waals surface area contributed by atoms with Gasteiger partial charge >= 0.3 is 0 Å². The maximum Gasteiger partial charge on any atom is 0.178 e. The third-order valence-electron chi connectivity index (χ3n) is 2.62. The van der Waals surface area contributed by atoms with Crippen molar-refractivity contribution in [2.24, 2.45) is 0 Å². The summed E-state index contributed by atoms with van der Waals surface area (Å²) in [6.07, 6.45) is 6.54. The Morgan fingerprint density at radius 1 is 1.17 bits per heavy atom. The van der Waals surface area contributed by atoms with Gasteiger partial charge in [-0.3, -0.25) is 4.79 Å². The lowest BCUT2D eigenvalue weighted by Gasteiger charge is -2.22. The topological polar surface area (TPSA) is 26.3 Å². The SMILES string of the molecule is CC1(OCC#Cc2ccccc2)C=CC(=O)C=C1. The van der Waals surface area contributed by atoms with Crippen LogP contribution in [0.15, 0.2) is 54.6 Å². The van der Waals surface area contributed by atoms with Gasteiger partial charge in [0.25, 0.3) is 0 Å². The number of rotatable bonds is 2. The maximum atomic E-state index is 11.0. The molecule has 0 bridgehead atoms. The first kappa shape index (κ1) is 12.3. The van der Waals surface area contributed by atoms with Crippen LogP contribution in [0, 0.1) is 11.8 Å². The molecule has 1 aromatic rings. The minimum atomic E-state index is -0.528. The van der Waals surface area contributed by atoms with E-state index in [4.69, 9.17) is 4.74 Å². The average molecular weight is 238 g/mol. The molecule has 0 unspecified atom stereocenters. The molecular formula is C16H14O2. The van der Waals surface area contributed by atoms with Gasteiger partial charge in [0.2, 0.25) is 0 Å². The number of carbonyl (C=O) groups excluding carboxylic acids is 1. The van der Waals surface area contributed by atoms with Crippen molar-refractivity contribution in [3.05, 3.63) is 60.2 Å². The van der Waals surface area contributed by atoms with Crippen molar-refractivity contribution in [3.63, 3.8) is 0 Å². The molecule has 0 radical (unpaired) electrons. The lowest BCUT2D eigenvalue weighted by atomic mass is 10.00. The smallest absolute Gasteiger partial charge is 0.178 e. The van der Waals surface area contributed by atoms with Crippen molar-refractivity contribution >= 4 is 5.78 Å².